The lowest BCUT2D eigenvalue weighted by Gasteiger charge is -2.21. The molecular formula is C16H18FN3OS. The van der Waals surface area contributed by atoms with Gasteiger partial charge in [-0.15, -0.1) is 11.3 Å². The van der Waals surface area contributed by atoms with Gasteiger partial charge in [0.1, 0.15) is 5.82 Å². The first-order chi connectivity index (χ1) is 10.5. The van der Waals surface area contributed by atoms with E-state index in [1.54, 1.807) is 12.3 Å². The zero-order valence-corrected chi connectivity index (χ0v) is 13.2. The first-order valence-corrected chi connectivity index (χ1v) is 8.12. The summed E-state index contributed by atoms with van der Waals surface area (Å²) in [5.41, 5.74) is 0.389. The maximum atomic E-state index is 13.2. The molecule has 1 saturated heterocycles. The van der Waals surface area contributed by atoms with Crippen LogP contribution in [0.2, 0.25) is 0 Å². The van der Waals surface area contributed by atoms with Gasteiger partial charge in [0.25, 0.3) is 0 Å². The molecule has 22 heavy (non-hydrogen) atoms. The van der Waals surface area contributed by atoms with Gasteiger partial charge in [0, 0.05) is 17.5 Å². The van der Waals surface area contributed by atoms with E-state index in [-0.39, 0.29) is 11.7 Å². The molecule has 116 valence electrons. The summed E-state index contributed by atoms with van der Waals surface area (Å²) in [5, 5.41) is 6.69. The molecule has 0 saturated carbocycles. The Balaban J connectivity index is 1.65. The number of carbonyl (C=O) groups excluding carboxylic acids is 1. The lowest BCUT2D eigenvalue weighted by Crippen LogP contribution is -2.47. The SMILES string of the molecule is C[C@]1(C(=O)Nc2ncc(Cc3cccc(F)c3)s2)CCCN1. The number of halogens is 1. The lowest BCUT2D eigenvalue weighted by atomic mass is 10.00. The molecule has 2 aromatic rings. The molecule has 0 spiro atoms. The van der Waals surface area contributed by atoms with Gasteiger partial charge in [-0.25, -0.2) is 9.37 Å². The smallest absolute Gasteiger partial charge is 0.246 e. The molecule has 1 atom stereocenters. The van der Waals surface area contributed by atoms with E-state index in [4.69, 9.17) is 0 Å². The molecule has 2 heterocycles. The van der Waals surface area contributed by atoms with E-state index in [1.165, 1.54) is 23.5 Å². The van der Waals surface area contributed by atoms with Crippen molar-refractivity contribution in [3.05, 3.63) is 46.7 Å². The van der Waals surface area contributed by atoms with Crippen molar-refractivity contribution in [3.8, 4) is 0 Å². The summed E-state index contributed by atoms with van der Waals surface area (Å²) in [5.74, 6) is -0.285. The van der Waals surface area contributed by atoms with E-state index in [2.05, 4.69) is 15.6 Å². The molecule has 1 amide bonds. The van der Waals surface area contributed by atoms with Gasteiger partial charge in [-0.2, -0.15) is 0 Å². The number of hydrogen-bond acceptors (Lipinski definition) is 4. The first kappa shape index (κ1) is 15.1. The van der Waals surface area contributed by atoms with Gasteiger partial charge in [-0.3, -0.25) is 4.79 Å². The summed E-state index contributed by atoms with van der Waals surface area (Å²) in [7, 11) is 0. The van der Waals surface area contributed by atoms with Gasteiger partial charge in [0.2, 0.25) is 5.91 Å². The van der Waals surface area contributed by atoms with Gasteiger partial charge in [-0.05, 0) is 44.0 Å². The number of thiazole rings is 1. The van der Waals surface area contributed by atoms with Crippen molar-refractivity contribution in [1.29, 1.82) is 0 Å². The van der Waals surface area contributed by atoms with Crippen LogP contribution in [0, 0.1) is 5.82 Å². The van der Waals surface area contributed by atoms with E-state index in [0.717, 1.165) is 29.8 Å². The number of anilines is 1. The van der Waals surface area contributed by atoms with Crippen LogP contribution in [0.25, 0.3) is 0 Å². The third-order valence-corrected chi connectivity index (χ3v) is 4.82. The minimum absolute atomic E-state index is 0.0448. The molecule has 1 fully saturated rings. The van der Waals surface area contributed by atoms with E-state index in [9.17, 15) is 9.18 Å². The Hall–Kier alpha value is -1.79. The van der Waals surface area contributed by atoms with E-state index >= 15 is 0 Å². The predicted octanol–water partition coefficient (Wildman–Crippen LogP) is 2.95. The van der Waals surface area contributed by atoms with Gasteiger partial charge in [-0.1, -0.05) is 12.1 Å². The number of aromatic nitrogens is 1. The summed E-state index contributed by atoms with van der Waals surface area (Å²) in [6.07, 6.45) is 4.18. The Morgan fingerprint density at radius 3 is 3.14 bits per heavy atom. The van der Waals surface area contributed by atoms with Crippen LogP contribution in [-0.4, -0.2) is 23.0 Å². The fraction of sp³-hybridized carbons (Fsp3) is 0.375. The topological polar surface area (TPSA) is 54.0 Å². The number of nitrogens with zero attached hydrogens (tertiary/aromatic N) is 1. The van der Waals surface area contributed by atoms with Gasteiger partial charge in [0.15, 0.2) is 5.13 Å². The van der Waals surface area contributed by atoms with Crippen molar-refractivity contribution in [1.82, 2.24) is 10.3 Å². The highest BCUT2D eigenvalue weighted by Gasteiger charge is 2.36. The Morgan fingerprint density at radius 1 is 1.55 bits per heavy atom. The first-order valence-electron chi connectivity index (χ1n) is 7.31. The average molecular weight is 319 g/mol. The Bertz CT molecular complexity index is 680. The van der Waals surface area contributed by atoms with Crippen LogP contribution >= 0.6 is 11.3 Å². The zero-order chi connectivity index (χ0) is 15.6. The molecule has 4 nitrogen and oxygen atoms in total. The van der Waals surface area contributed by atoms with Crippen molar-refractivity contribution in [2.24, 2.45) is 0 Å². The highest BCUT2D eigenvalue weighted by Crippen LogP contribution is 2.25. The van der Waals surface area contributed by atoms with Crippen molar-refractivity contribution < 1.29 is 9.18 Å². The average Bonchev–Trinajstić information content (AvgIpc) is 3.09. The Kier molecular flexibility index (Phi) is 4.22. The second-order valence-electron chi connectivity index (χ2n) is 5.75. The number of amides is 1. The quantitative estimate of drug-likeness (QED) is 0.911. The molecule has 0 aliphatic carbocycles. The van der Waals surface area contributed by atoms with Crippen LogP contribution in [0.3, 0.4) is 0 Å². The molecular weight excluding hydrogens is 301 g/mol. The number of nitrogens with one attached hydrogen (secondary N) is 2. The van der Waals surface area contributed by atoms with E-state index < -0.39 is 5.54 Å². The lowest BCUT2D eigenvalue weighted by molar-refractivity contribution is -0.121. The Labute approximate surface area is 132 Å². The molecule has 1 aromatic carbocycles. The highest BCUT2D eigenvalue weighted by atomic mass is 32.1. The standard InChI is InChI=1S/C16H18FN3OS/c1-16(6-3-7-19-16)14(21)20-15-18-10-13(22-15)9-11-4-2-5-12(17)8-11/h2,4-5,8,10,19H,3,6-7,9H2,1H3,(H,18,20,21)/t16-/m1/s1. The van der Waals surface area contributed by atoms with E-state index in [1.807, 2.05) is 13.0 Å². The summed E-state index contributed by atoms with van der Waals surface area (Å²) in [4.78, 5) is 17.5. The minimum Gasteiger partial charge on any atom is -0.304 e. The fourth-order valence-corrected chi connectivity index (χ4v) is 3.46. The third kappa shape index (κ3) is 3.34. The van der Waals surface area contributed by atoms with Crippen LogP contribution in [0.1, 0.15) is 30.2 Å². The molecule has 0 radical (unpaired) electrons. The number of rotatable bonds is 4. The zero-order valence-electron chi connectivity index (χ0n) is 12.4. The molecule has 6 heteroatoms. The molecule has 1 aliphatic heterocycles. The van der Waals surface area contributed by atoms with Crippen LogP contribution in [-0.2, 0) is 11.2 Å². The second-order valence-corrected chi connectivity index (χ2v) is 6.87. The van der Waals surface area contributed by atoms with Crippen LogP contribution < -0.4 is 10.6 Å². The second kappa shape index (κ2) is 6.14. The van der Waals surface area contributed by atoms with Crippen LogP contribution in [0.4, 0.5) is 9.52 Å². The molecule has 0 bridgehead atoms. The predicted molar refractivity (Wildman–Crippen MR) is 85.6 cm³/mol. The summed E-state index contributed by atoms with van der Waals surface area (Å²) in [6, 6.07) is 6.52. The summed E-state index contributed by atoms with van der Waals surface area (Å²) >= 11 is 1.43. The van der Waals surface area contributed by atoms with Crippen molar-refractivity contribution in [3.63, 3.8) is 0 Å². The third-order valence-electron chi connectivity index (χ3n) is 3.91. The van der Waals surface area contributed by atoms with Crippen molar-refractivity contribution in [2.75, 3.05) is 11.9 Å². The maximum Gasteiger partial charge on any atom is 0.246 e. The Morgan fingerprint density at radius 2 is 2.41 bits per heavy atom. The van der Waals surface area contributed by atoms with E-state index in [0.29, 0.717) is 11.6 Å². The van der Waals surface area contributed by atoms with Gasteiger partial charge >= 0.3 is 0 Å². The number of hydrogen-bond donors (Lipinski definition) is 2. The van der Waals surface area contributed by atoms with Gasteiger partial charge in [0.05, 0.1) is 5.54 Å². The largest absolute Gasteiger partial charge is 0.304 e. The van der Waals surface area contributed by atoms with Crippen molar-refractivity contribution in [2.45, 2.75) is 31.7 Å². The van der Waals surface area contributed by atoms with Crippen LogP contribution in [0.5, 0.6) is 0 Å². The molecule has 0 unspecified atom stereocenters. The molecule has 1 aliphatic rings. The monoisotopic (exact) mass is 319 g/mol. The fourth-order valence-electron chi connectivity index (χ4n) is 2.62. The summed E-state index contributed by atoms with van der Waals surface area (Å²) in [6.45, 7) is 2.78. The number of benzene rings is 1. The van der Waals surface area contributed by atoms with Gasteiger partial charge < -0.3 is 10.6 Å². The van der Waals surface area contributed by atoms with Crippen molar-refractivity contribution >= 4 is 22.4 Å². The summed E-state index contributed by atoms with van der Waals surface area (Å²) < 4.78 is 13.2. The molecule has 2 N–H and O–H groups in total. The highest BCUT2D eigenvalue weighted by molar-refractivity contribution is 7.15. The molecule has 3 rings (SSSR count). The maximum absolute atomic E-state index is 13.2. The number of carbonyl (C=O) groups is 1. The minimum atomic E-state index is -0.506. The van der Waals surface area contributed by atoms with Crippen LogP contribution in [0.15, 0.2) is 30.5 Å². The normalized spacial score (nSPS) is 21.0. The molecule has 1 aromatic heterocycles.